The van der Waals surface area contributed by atoms with E-state index in [1.54, 1.807) is 18.2 Å². The van der Waals surface area contributed by atoms with Crippen LogP contribution in [0.2, 0.25) is 10.0 Å². The van der Waals surface area contributed by atoms with Crippen LogP contribution in [0.3, 0.4) is 0 Å². The van der Waals surface area contributed by atoms with Gasteiger partial charge in [-0.05, 0) is 54.7 Å². The molecule has 1 atom stereocenters. The van der Waals surface area contributed by atoms with Gasteiger partial charge < -0.3 is 14.6 Å². The summed E-state index contributed by atoms with van der Waals surface area (Å²) >= 11 is 13.4. The predicted molar refractivity (Wildman–Crippen MR) is 140 cm³/mol. The number of ether oxygens (including phenoxy) is 1. The first kappa shape index (κ1) is 26.4. The largest absolute Gasteiger partial charge is 0.483 e. The van der Waals surface area contributed by atoms with Gasteiger partial charge in [-0.15, -0.1) is 10.2 Å². The Morgan fingerprint density at radius 3 is 2.38 bits per heavy atom. The Kier molecular flexibility index (Phi) is 9.28. The predicted octanol–water partition coefficient (Wildman–Crippen LogP) is 7.24. The van der Waals surface area contributed by atoms with Gasteiger partial charge in [0.2, 0.25) is 5.91 Å². The summed E-state index contributed by atoms with van der Waals surface area (Å²) in [4.78, 5) is 12.5. The van der Waals surface area contributed by atoms with E-state index >= 15 is 0 Å². The molecule has 0 aliphatic heterocycles. The van der Waals surface area contributed by atoms with Gasteiger partial charge in [0.1, 0.15) is 5.75 Å². The maximum atomic E-state index is 12.5. The SMILES string of the molecule is CC(C)Cn1c(SCC(=O)Nc2ccc(Cl)cc2Cl)nnc1C(C)Oc1ccc(C(C)C)cc1. The number of hydrogen-bond acceptors (Lipinski definition) is 5. The highest BCUT2D eigenvalue weighted by atomic mass is 35.5. The molecule has 6 nitrogen and oxygen atoms in total. The molecule has 1 amide bonds. The van der Waals surface area contributed by atoms with Crippen LogP contribution >= 0.6 is 35.0 Å². The lowest BCUT2D eigenvalue weighted by Crippen LogP contribution is -2.17. The van der Waals surface area contributed by atoms with E-state index in [1.165, 1.54) is 17.3 Å². The number of hydrogen-bond donors (Lipinski definition) is 1. The molecule has 1 aromatic heterocycles. The van der Waals surface area contributed by atoms with Crippen LogP contribution in [0.4, 0.5) is 5.69 Å². The van der Waals surface area contributed by atoms with Crippen molar-refractivity contribution < 1.29 is 9.53 Å². The smallest absolute Gasteiger partial charge is 0.234 e. The minimum absolute atomic E-state index is 0.168. The molecule has 0 aliphatic carbocycles. The molecule has 9 heteroatoms. The number of thioether (sulfide) groups is 1. The molecule has 0 aliphatic rings. The number of carbonyl (C=O) groups is 1. The number of halogens is 2. The monoisotopic (exact) mass is 520 g/mol. The van der Waals surface area contributed by atoms with Crippen molar-refractivity contribution in [3.8, 4) is 5.75 Å². The standard InChI is InChI=1S/C25H30Cl2N4O2S/c1-15(2)13-31-24(17(5)33-20-9-6-18(7-10-20)16(3)4)29-30-25(31)34-14-23(32)28-22-11-8-19(26)12-21(22)27/h6-12,15-17H,13-14H2,1-5H3,(H,28,32). The second-order valence-corrected chi connectivity index (χ2v) is 10.6. The lowest BCUT2D eigenvalue weighted by Gasteiger charge is -2.18. The molecule has 2 aromatic carbocycles. The van der Waals surface area contributed by atoms with E-state index in [9.17, 15) is 4.79 Å². The van der Waals surface area contributed by atoms with Gasteiger partial charge in [-0.25, -0.2) is 0 Å². The minimum Gasteiger partial charge on any atom is -0.483 e. The number of anilines is 1. The fourth-order valence-corrected chi connectivity index (χ4v) is 4.55. The second kappa shape index (κ2) is 12.0. The lowest BCUT2D eigenvalue weighted by atomic mass is 10.0. The molecule has 1 N–H and O–H groups in total. The normalized spacial score (nSPS) is 12.3. The molecule has 182 valence electrons. The van der Waals surface area contributed by atoms with E-state index in [0.717, 1.165) is 18.1 Å². The first-order valence-corrected chi connectivity index (χ1v) is 13.0. The molecule has 1 unspecified atom stereocenters. The third-order valence-electron chi connectivity index (χ3n) is 5.05. The van der Waals surface area contributed by atoms with Crippen molar-refractivity contribution >= 4 is 46.6 Å². The highest BCUT2D eigenvalue weighted by Crippen LogP contribution is 2.28. The molecular weight excluding hydrogens is 491 g/mol. The molecule has 0 radical (unpaired) electrons. The number of carbonyl (C=O) groups excluding carboxylic acids is 1. The second-order valence-electron chi connectivity index (χ2n) is 8.79. The van der Waals surface area contributed by atoms with Gasteiger partial charge in [-0.3, -0.25) is 4.79 Å². The van der Waals surface area contributed by atoms with E-state index in [1.807, 2.05) is 23.6 Å². The topological polar surface area (TPSA) is 69.0 Å². The van der Waals surface area contributed by atoms with E-state index in [4.69, 9.17) is 27.9 Å². The maximum Gasteiger partial charge on any atom is 0.234 e. The van der Waals surface area contributed by atoms with Crippen LogP contribution in [0.25, 0.3) is 0 Å². The van der Waals surface area contributed by atoms with Gasteiger partial charge in [0.15, 0.2) is 17.1 Å². The average molecular weight is 522 g/mol. The van der Waals surface area contributed by atoms with Crippen LogP contribution in [0.15, 0.2) is 47.6 Å². The summed E-state index contributed by atoms with van der Waals surface area (Å²) in [6.07, 6.45) is -0.299. The maximum absolute atomic E-state index is 12.5. The number of benzene rings is 2. The van der Waals surface area contributed by atoms with Crippen molar-refractivity contribution in [3.05, 3.63) is 63.9 Å². The van der Waals surface area contributed by atoms with Crippen LogP contribution in [0.5, 0.6) is 5.75 Å². The van der Waals surface area contributed by atoms with Gasteiger partial charge >= 0.3 is 0 Å². The zero-order chi connectivity index (χ0) is 24.8. The first-order chi connectivity index (χ1) is 16.1. The third-order valence-corrected chi connectivity index (χ3v) is 6.57. The van der Waals surface area contributed by atoms with Crippen LogP contribution in [-0.4, -0.2) is 26.4 Å². The quantitative estimate of drug-likeness (QED) is 0.285. The summed E-state index contributed by atoms with van der Waals surface area (Å²) in [6, 6.07) is 13.1. The van der Waals surface area contributed by atoms with Crippen molar-refractivity contribution in [2.45, 2.75) is 58.3 Å². The molecule has 0 spiro atoms. The van der Waals surface area contributed by atoms with Crippen LogP contribution in [0, 0.1) is 5.92 Å². The van der Waals surface area contributed by atoms with Gasteiger partial charge in [-0.2, -0.15) is 0 Å². The summed E-state index contributed by atoms with van der Waals surface area (Å²) in [5, 5.41) is 13.1. The molecular formula is C25H30Cl2N4O2S. The summed E-state index contributed by atoms with van der Waals surface area (Å²) < 4.78 is 8.19. The number of amides is 1. The van der Waals surface area contributed by atoms with Crippen LogP contribution in [-0.2, 0) is 11.3 Å². The Bertz CT molecular complexity index is 1120. The van der Waals surface area contributed by atoms with Crippen molar-refractivity contribution in [2.75, 3.05) is 11.1 Å². The number of aromatic nitrogens is 3. The zero-order valence-electron chi connectivity index (χ0n) is 20.0. The van der Waals surface area contributed by atoms with Crippen LogP contribution in [0.1, 0.15) is 58.0 Å². The van der Waals surface area contributed by atoms with Gasteiger partial charge in [0, 0.05) is 11.6 Å². The number of nitrogens with one attached hydrogen (secondary N) is 1. The molecule has 0 saturated heterocycles. The van der Waals surface area contributed by atoms with Gasteiger partial charge in [0.05, 0.1) is 16.5 Å². The molecule has 0 saturated carbocycles. The minimum atomic E-state index is -0.299. The highest BCUT2D eigenvalue weighted by Gasteiger charge is 2.21. The fourth-order valence-electron chi connectivity index (χ4n) is 3.34. The van der Waals surface area contributed by atoms with E-state index in [2.05, 4.69) is 55.3 Å². The van der Waals surface area contributed by atoms with Crippen molar-refractivity contribution in [2.24, 2.45) is 5.92 Å². The zero-order valence-corrected chi connectivity index (χ0v) is 22.3. The van der Waals surface area contributed by atoms with Crippen molar-refractivity contribution in [1.82, 2.24) is 14.8 Å². The molecule has 1 heterocycles. The summed E-state index contributed by atoms with van der Waals surface area (Å²) in [5.74, 6) is 2.32. The lowest BCUT2D eigenvalue weighted by molar-refractivity contribution is -0.113. The molecule has 3 rings (SSSR count). The van der Waals surface area contributed by atoms with E-state index < -0.39 is 0 Å². The number of nitrogens with zero attached hydrogens (tertiary/aromatic N) is 3. The summed E-state index contributed by atoms with van der Waals surface area (Å²) in [6.45, 7) is 11.3. The molecule has 34 heavy (non-hydrogen) atoms. The molecule has 0 bridgehead atoms. The number of rotatable bonds is 10. The highest BCUT2D eigenvalue weighted by molar-refractivity contribution is 7.99. The fraction of sp³-hybridized carbons (Fsp3) is 0.400. The Morgan fingerprint density at radius 2 is 1.76 bits per heavy atom. The van der Waals surface area contributed by atoms with E-state index in [0.29, 0.717) is 32.7 Å². The third kappa shape index (κ3) is 7.14. The average Bonchev–Trinajstić information content (AvgIpc) is 3.16. The summed E-state index contributed by atoms with van der Waals surface area (Å²) in [5.41, 5.74) is 1.78. The Labute approximate surface area is 215 Å². The Hall–Kier alpha value is -2.22. The van der Waals surface area contributed by atoms with Crippen molar-refractivity contribution in [1.29, 1.82) is 0 Å². The molecule has 0 fully saturated rings. The Morgan fingerprint density at radius 1 is 1.06 bits per heavy atom. The van der Waals surface area contributed by atoms with Gasteiger partial charge in [-0.1, -0.05) is 74.8 Å². The first-order valence-electron chi connectivity index (χ1n) is 11.2. The molecule has 3 aromatic rings. The van der Waals surface area contributed by atoms with Crippen LogP contribution < -0.4 is 10.1 Å². The van der Waals surface area contributed by atoms with Gasteiger partial charge in [0.25, 0.3) is 0 Å². The van der Waals surface area contributed by atoms with Crippen molar-refractivity contribution in [3.63, 3.8) is 0 Å². The Balaban J connectivity index is 1.69. The van der Waals surface area contributed by atoms with E-state index in [-0.39, 0.29) is 17.8 Å². The summed E-state index contributed by atoms with van der Waals surface area (Å²) in [7, 11) is 0.